The summed E-state index contributed by atoms with van der Waals surface area (Å²) in [5, 5.41) is 17.1. The van der Waals surface area contributed by atoms with Crippen molar-refractivity contribution >= 4 is 28.6 Å². The number of hydrogen-bond donors (Lipinski definition) is 3. The van der Waals surface area contributed by atoms with Crippen LogP contribution in [-0.2, 0) is 6.54 Å². The molecule has 0 radical (unpaired) electrons. The molecule has 0 aliphatic carbocycles. The maximum atomic E-state index is 12.0. The van der Waals surface area contributed by atoms with Crippen molar-refractivity contribution < 1.29 is 9.90 Å². The van der Waals surface area contributed by atoms with Crippen molar-refractivity contribution in [2.24, 2.45) is 0 Å². The van der Waals surface area contributed by atoms with Gasteiger partial charge in [0.25, 0.3) is 0 Å². The number of carbonyl (C=O) groups is 1. The summed E-state index contributed by atoms with van der Waals surface area (Å²) in [4.78, 5) is 12.0. The zero-order valence-electron chi connectivity index (χ0n) is 12.7. The van der Waals surface area contributed by atoms with Crippen LogP contribution in [0.3, 0.4) is 0 Å². The maximum absolute atomic E-state index is 12.0. The van der Waals surface area contributed by atoms with Crippen LogP contribution in [0, 0.1) is 0 Å². The zero-order valence-corrected chi connectivity index (χ0v) is 13.5. The van der Waals surface area contributed by atoms with Crippen molar-refractivity contribution in [2.45, 2.75) is 19.0 Å². The Labute approximate surface area is 135 Å². The van der Waals surface area contributed by atoms with Gasteiger partial charge in [0, 0.05) is 24.9 Å². The molecule has 0 aromatic heterocycles. The Morgan fingerprint density at radius 3 is 2.77 bits per heavy atom. The first kappa shape index (κ1) is 16.6. The van der Waals surface area contributed by atoms with Gasteiger partial charge in [-0.1, -0.05) is 42.5 Å². The van der Waals surface area contributed by atoms with Crippen LogP contribution in [0.1, 0.15) is 12.0 Å². The predicted molar refractivity (Wildman–Crippen MR) is 93.2 cm³/mol. The molecule has 4 nitrogen and oxygen atoms in total. The molecule has 0 saturated heterocycles. The number of urea groups is 1. The maximum Gasteiger partial charge on any atom is 0.315 e. The molecule has 22 heavy (non-hydrogen) atoms. The topological polar surface area (TPSA) is 61.4 Å². The summed E-state index contributed by atoms with van der Waals surface area (Å²) >= 11 is 1.65. The first-order valence-electron chi connectivity index (χ1n) is 7.35. The number of nitrogens with one attached hydrogen (secondary N) is 2. The second kappa shape index (κ2) is 8.66. The molecule has 1 atom stereocenters. The number of amides is 2. The minimum absolute atomic E-state index is 0.00693. The lowest BCUT2D eigenvalue weighted by Crippen LogP contribution is -2.43. The number of aliphatic hydroxyl groups is 1. The van der Waals surface area contributed by atoms with Crippen LogP contribution < -0.4 is 10.6 Å². The Bertz CT molecular complexity index is 607. The number of rotatable bonds is 7. The summed E-state index contributed by atoms with van der Waals surface area (Å²) in [6.07, 6.45) is 2.56. The Morgan fingerprint density at radius 2 is 2.00 bits per heavy atom. The van der Waals surface area contributed by atoms with Crippen LogP contribution >= 0.6 is 11.8 Å². The Kier molecular flexibility index (Phi) is 6.55. The van der Waals surface area contributed by atoms with Crippen LogP contribution in [0.5, 0.6) is 0 Å². The van der Waals surface area contributed by atoms with Crippen molar-refractivity contribution in [1.29, 1.82) is 0 Å². The fourth-order valence-electron chi connectivity index (χ4n) is 2.41. The third-order valence-electron chi connectivity index (χ3n) is 3.50. The molecule has 2 aromatic carbocycles. The first-order chi connectivity index (χ1) is 10.7. The van der Waals surface area contributed by atoms with Crippen molar-refractivity contribution in [3.63, 3.8) is 0 Å². The summed E-state index contributed by atoms with van der Waals surface area (Å²) in [6, 6.07) is 14.0. The van der Waals surface area contributed by atoms with E-state index >= 15 is 0 Å². The molecular weight excluding hydrogens is 296 g/mol. The quantitative estimate of drug-likeness (QED) is 0.735. The van der Waals surface area contributed by atoms with Crippen LogP contribution in [-0.4, -0.2) is 35.8 Å². The molecule has 2 amide bonds. The smallest absolute Gasteiger partial charge is 0.315 e. The summed E-state index contributed by atoms with van der Waals surface area (Å²) < 4.78 is 0. The van der Waals surface area contributed by atoms with Crippen molar-refractivity contribution in [2.75, 3.05) is 18.6 Å². The number of hydrogen-bond acceptors (Lipinski definition) is 3. The monoisotopic (exact) mass is 318 g/mol. The molecule has 0 bridgehead atoms. The number of fused-ring (bicyclic) bond motifs is 1. The largest absolute Gasteiger partial charge is 0.396 e. The highest BCUT2D eigenvalue weighted by atomic mass is 32.2. The van der Waals surface area contributed by atoms with E-state index in [2.05, 4.69) is 28.8 Å². The van der Waals surface area contributed by atoms with Gasteiger partial charge < -0.3 is 15.7 Å². The van der Waals surface area contributed by atoms with Gasteiger partial charge in [0.2, 0.25) is 0 Å². The molecule has 0 aliphatic rings. The minimum atomic E-state index is -0.194. The lowest BCUT2D eigenvalue weighted by molar-refractivity contribution is 0.231. The highest BCUT2D eigenvalue weighted by Crippen LogP contribution is 2.18. The fourth-order valence-corrected chi connectivity index (χ4v) is 3.07. The summed E-state index contributed by atoms with van der Waals surface area (Å²) in [5.41, 5.74) is 1.09. The van der Waals surface area contributed by atoms with Crippen LogP contribution in [0.4, 0.5) is 4.79 Å². The van der Waals surface area contributed by atoms with E-state index in [4.69, 9.17) is 5.11 Å². The molecular formula is C17H22N2O2S. The average molecular weight is 318 g/mol. The number of aliphatic hydroxyl groups excluding tert-OH is 1. The third kappa shape index (κ3) is 4.64. The first-order valence-corrected chi connectivity index (χ1v) is 8.74. The molecule has 3 N–H and O–H groups in total. The molecule has 0 aliphatic heterocycles. The Balaban J connectivity index is 1.95. The van der Waals surface area contributed by atoms with Gasteiger partial charge in [-0.2, -0.15) is 11.8 Å². The van der Waals surface area contributed by atoms with Gasteiger partial charge in [-0.25, -0.2) is 4.79 Å². The average Bonchev–Trinajstić information content (AvgIpc) is 2.53. The standard InChI is InChI=1S/C17H22N2O2S/c1-22-12-15(9-10-20)19-17(21)18-11-14-7-4-6-13-5-2-3-8-16(13)14/h2-8,15,20H,9-12H2,1H3,(H2,18,19,21). The van der Waals surface area contributed by atoms with Gasteiger partial charge in [0.05, 0.1) is 0 Å². The molecule has 5 heteroatoms. The summed E-state index contributed by atoms with van der Waals surface area (Å²) in [5.74, 6) is 0.794. The van der Waals surface area contributed by atoms with Crippen LogP contribution in [0.15, 0.2) is 42.5 Å². The van der Waals surface area contributed by atoms with Gasteiger partial charge in [0.15, 0.2) is 0 Å². The fraction of sp³-hybridized carbons (Fsp3) is 0.353. The second-order valence-electron chi connectivity index (χ2n) is 5.13. The van der Waals surface area contributed by atoms with Crippen molar-refractivity contribution in [3.05, 3.63) is 48.0 Å². The highest BCUT2D eigenvalue weighted by molar-refractivity contribution is 7.98. The van der Waals surface area contributed by atoms with Crippen molar-refractivity contribution in [1.82, 2.24) is 10.6 Å². The lowest BCUT2D eigenvalue weighted by atomic mass is 10.0. The van der Waals surface area contributed by atoms with E-state index in [1.807, 2.05) is 30.5 Å². The number of carbonyl (C=O) groups excluding carboxylic acids is 1. The molecule has 0 heterocycles. The summed E-state index contributed by atoms with van der Waals surface area (Å²) in [6.45, 7) is 0.563. The Hall–Kier alpha value is -1.72. The van der Waals surface area contributed by atoms with Gasteiger partial charge >= 0.3 is 6.03 Å². The van der Waals surface area contributed by atoms with Gasteiger partial charge in [0.1, 0.15) is 0 Å². The van der Waals surface area contributed by atoms with E-state index in [0.29, 0.717) is 13.0 Å². The molecule has 2 aromatic rings. The molecule has 0 spiro atoms. The van der Waals surface area contributed by atoms with Crippen molar-refractivity contribution in [3.8, 4) is 0 Å². The van der Waals surface area contributed by atoms with Gasteiger partial charge in [-0.3, -0.25) is 0 Å². The van der Waals surface area contributed by atoms with E-state index in [0.717, 1.165) is 16.7 Å². The SMILES string of the molecule is CSCC(CCO)NC(=O)NCc1cccc2ccccc12. The highest BCUT2D eigenvalue weighted by Gasteiger charge is 2.11. The van der Waals surface area contributed by atoms with E-state index in [1.54, 1.807) is 11.8 Å². The zero-order chi connectivity index (χ0) is 15.8. The molecule has 1 unspecified atom stereocenters. The van der Waals surface area contributed by atoms with Crippen LogP contribution in [0.2, 0.25) is 0 Å². The Morgan fingerprint density at radius 1 is 1.23 bits per heavy atom. The van der Waals surface area contributed by atoms with Gasteiger partial charge in [-0.15, -0.1) is 0 Å². The van der Waals surface area contributed by atoms with E-state index in [9.17, 15) is 4.79 Å². The number of benzene rings is 2. The van der Waals surface area contributed by atoms with E-state index in [-0.39, 0.29) is 18.7 Å². The minimum Gasteiger partial charge on any atom is -0.396 e. The molecule has 2 rings (SSSR count). The second-order valence-corrected chi connectivity index (χ2v) is 6.04. The normalized spacial score (nSPS) is 12.1. The lowest BCUT2D eigenvalue weighted by Gasteiger charge is -2.17. The molecule has 0 saturated carbocycles. The molecule has 0 fully saturated rings. The molecule has 118 valence electrons. The van der Waals surface area contributed by atoms with Gasteiger partial charge in [-0.05, 0) is 29.0 Å². The predicted octanol–water partition coefficient (Wildman–Crippen LogP) is 2.75. The number of thioether (sulfide) groups is 1. The third-order valence-corrected chi connectivity index (χ3v) is 4.24. The van der Waals surface area contributed by atoms with E-state index < -0.39 is 0 Å². The van der Waals surface area contributed by atoms with E-state index in [1.165, 1.54) is 5.39 Å². The summed E-state index contributed by atoms with van der Waals surface area (Å²) in [7, 11) is 0. The van der Waals surface area contributed by atoms with Crippen LogP contribution in [0.25, 0.3) is 10.8 Å².